The lowest BCUT2D eigenvalue weighted by atomic mass is 10.0. The van der Waals surface area contributed by atoms with Crippen LogP contribution < -0.4 is 0 Å². The maximum atomic E-state index is 12.3. The van der Waals surface area contributed by atoms with Crippen molar-refractivity contribution in [3.63, 3.8) is 0 Å². The smallest absolute Gasteiger partial charge is 0.457 e. The number of carbonyl (C=O) groups is 2. The predicted octanol–water partition coefficient (Wildman–Crippen LogP) is 11.2. The number of rotatable bonds is 41. The Morgan fingerprint density at radius 1 is 0.491 bits per heavy atom. The van der Waals surface area contributed by atoms with Gasteiger partial charge in [-0.25, -0.2) is 4.57 Å². The van der Waals surface area contributed by atoms with Crippen LogP contribution in [0.4, 0.5) is 0 Å². The van der Waals surface area contributed by atoms with Crippen molar-refractivity contribution in [1.82, 2.24) is 0 Å². The van der Waals surface area contributed by atoms with E-state index in [1.165, 1.54) is 128 Å². The summed E-state index contributed by atoms with van der Waals surface area (Å²) in [5.74, 6) is -1.02. The molecule has 3 N–H and O–H groups in total. The molecule has 0 aliphatic rings. The van der Waals surface area contributed by atoms with Gasteiger partial charge in [0.15, 0.2) is 0 Å². The lowest BCUT2D eigenvalue weighted by molar-refractivity contribution is -0.153. The summed E-state index contributed by atoms with van der Waals surface area (Å²) in [5, 5.41) is 19.1. The first kappa shape index (κ1) is 51.7. The van der Waals surface area contributed by atoms with E-state index in [0.717, 1.165) is 38.5 Å². The van der Waals surface area contributed by atoms with Gasteiger partial charge in [-0.15, -0.1) is 0 Å². The summed E-state index contributed by atoms with van der Waals surface area (Å²) in [6.45, 7) is 2.16. The summed E-state index contributed by atoms with van der Waals surface area (Å²) >= 11 is 0. The quantitative estimate of drug-likeness (QED) is 0.0237. The summed E-state index contributed by atoms with van der Waals surface area (Å²) in [7, 11) is -4.62. The van der Waals surface area contributed by atoms with Crippen molar-refractivity contribution in [1.29, 1.82) is 0 Å². The second kappa shape index (κ2) is 39.0. The molecule has 0 amide bonds. The monoisotopic (exact) mass is 777 g/mol. The van der Waals surface area contributed by atoms with Crippen molar-refractivity contribution < 1.29 is 47.8 Å². The topological polar surface area (TPSA) is 149 Å². The van der Waals surface area contributed by atoms with Crippen LogP contribution in [0, 0.1) is 0 Å². The highest BCUT2D eigenvalue weighted by atomic mass is 31.2. The van der Waals surface area contributed by atoms with E-state index in [1.54, 1.807) is 0 Å². The second-order valence-electron chi connectivity index (χ2n) is 14.7. The van der Waals surface area contributed by atoms with E-state index >= 15 is 0 Å². The Bertz CT molecular complexity index is 899. The molecule has 0 rings (SSSR count). The highest BCUT2D eigenvalue weighted by Crippen LogP contribution is 2.43. The minimum absolute atomic E-state index is 0.194. The van der Waals surface area contributed by atoms with Crippen LogP contribution in [0.15, 0.2) is 12.2 Å². The number of hydrogen-bond donors (Lipinski definition) is 3. The van der Waals surface area contributed by atoms with E-state index < -0.39 is 58.4 Å². The van der Waals surface area contributed by atoms with Crippen LogP contribution >= 0.6 is 7.82 Å². The Morgan fingerprint density at radius 2 is 0.774 bits per heavy atom. The SMILES string of the molecule is CCCCCCCCCC/C=C\CCCCCCCCCCCCCC(=O)OC(CO)COP(=O)(O)OCC(CO)OC(=O)CCCCCCCCC. The summed E-state index contributed by atoms with van der Waals surface area (Å²) < 4.78 is 32.4. The third-order valence-electron chi connectivity index (χ3n) is 9.48. The molecule has 10 nitrogen and oxygen atoms in total. The van der Waals surface area contributed by atoms with E-state index in [-0.39, 0.29) is 12.8 Å². The maximum Gasteiger partial charge on any atom is 0.472 e. The average Bonchev–Trinajstić information content (AvgIpc) is 3.14. The van der Waals surface area contributed by atoms with Crippen LogP contribution in [0.1, 0.15) is 206 Å². The Hall–Kier alpha value is -1.29. The first-order valence-electron chi connectivity index (χ1n) is 21.6. The summed E-state index contributed by atoms with van der Waals surface area (Å²) in [6, 6.07) is 0. The number of phosphoric ester groups is 1. The van der Waals surface area contributed by atoms with E-state index in [9.17, 15) is 29.3 Å². The summed E-state index contributed by atoms with van der Waals surface area (Å²) in [6.07, 6.45) is 36.5. The molecule has 3 atom stereocenters. The van der Waals surface area contributed by atoms with E-state index in [4.69, 9.17) is 18.5 Å². The van der Waals surface area contributed by atoms with Crippen molar-refractivity contribution in [3.8, 4) is 0 Å². The minimum Gasteiger partial charge on any atom is -0.457 e. The molecule has 53 heavy (non-hydrogen) atoms. The molecule has 0 aromatic carbocycles. The van der Waals surface area contributed by atoms with Crippen molar-refractivity contribution in [2.75, 3.05) is 26.4 Å². The maximum absolute atomic E-state index is 12.3. The molecule has 0 aromatic heterocycles. The van der Waals surface area contributed by atoms with E-state index in [1.807, 2.05) is 0 Å². The van der Waals surface area contributed by atoms with Crippen molar-refractivity contribution >= 4 is 19.8 Å². The summed E-state index contributed by atoms with van der Waals surface area (Å²) in [5.41, 5.74) is 0. The van der Waals surface area contributed by atoms with Crippen molar-refractivity contribution in [2.45, 2.75) is 219 Å². The molecule has 11 heteroatoms. The molecule has 0 fully saturated rings. The Balaban J connectivity index is 3.79. The molecule has 0 bridgehead atoms. The van der Waals surface area contributed by atoms with Crippen LogP contribution in [-0.2, 0) is 32.7 Å². The number of allylic oxidation sites excluding steroid dienone is 2. The number of hydrogen-bond acceptors (Lipinski definition) is 9. The van der Waals surface area contributed by atoms with E-state index in [0.29, 0.717) is 12.8 Å². The predicted molar refractivity (Wildman–Crippen MR) is 215 cm³/mol. The molecule has 0 spiro atoms. The number of esters is 2. The first-order chi connectivity index (χ1) is 25.8. The molecule has 0 saturated heterocycles. The fraction of sp³-hybridized carbons (Fsp3) is 0.905. The fourth-order valence-corrected chi connectivity index (χ4v) is 6.89. The molecule has 0 heterocycles. The number of aliphatic hydroxyl groups is 2. The van der Waals surface area contributed by atoms with Gasteiger partial charge >= 0.3 is 19.8 Å². The van der Waals surface area contributed by atoms with Gasteiger partial charge in [-0.2, -0.15) is 0 Å². The molecular formula is C42H81O10P. The molecule has 3 unspecified atom stereocenters. The molecule has 0 aliphatic heterocycles. The van der Waals surface area contributed by atoms with Crippen LogP contribution in [0.3, 0.4) is 0 Å². The minimum atomic E-state index is -4.62. The van der Waals surface area contributed by atoms with Gasteiger partial charge in [0.2, 0.25) is 0 Å². The molecular weight excluding hydrogens is 695 g/mol. The van der Waals surface area contributed by atoms with Gasteiger partial charge in [-0.05, 0) is 38.5 Å². The second-order valence-corrected chi connectivity index (χ2v) is 16.1. The lowest BCUT2D eigenvalue weighted by Crippen LogP contribution is -2.28. The normalized spacial score (nSPS) is 14.0. The third kappa shape index (κ3) is 37.4. The number of unbranched alkanes of at least 4 members (excludes halogenated alkanes) is 25. The third-order valence-corrected chi connectivity index (χ3v) is 10.4. The Morgan fingerprint density at radius 3 is 1.08 bits per heavy atom. The van der Waals surface area contributed by atoms with Crippen LogP contribution in [0.5, 0.6) is 0 Å². The zero-order valence-corrected chi connectivity index (χ0v) is 34.9. The van der Waals surface area contributed by atoms with Crippen molar-refractivity contribution in [2.24, 2.45) is 0 Å². The lowest BCUT2D eigenvalue weighted by Gasteiger charge is -2.20. The van der Waals surface area contributed by atoms with Gasteiger partial charge < -0.3 is 24.6 Å². The average molecular weight is 777 g/mol. The van der Waals surface area contributed by atoms with Gasteiger partial charge in [0.25, 0.3) is 0 Å². The van der Waals surface area contributed by atoms with Gasteiger partial charge in [-0.3, -0.25) is 18.6 Å². The zero-order valence-electron chi connectivity index (χ0n) is 34.0. The Kier molecular flexibility index (Phi) is 38.0. The first-order valence-corrected chi connectivity index (χ1v) is 23.1. The number of phosphoric acid groups is 1. The van der Waals surface area contributed by atoms with Crippen molar-refractivity contribution in [3.05, 3.63) is 12.2 Å². The molecule has 0 aliphatic carbocycles. The van der Waals surface area contributed by atoms with Crippen LogP contribution in [0.2, 0.25) is 0 Å². The van der Waals surface area contributed by atoms with Crippen LogP contribution in [0.25, 0.3) is 0 Å². The largest absolute Gasteiger partial charge is 0.472 e. The molecule has 0 radical (unpaired) electrons. The Labute approximate surface area is 324 Å². The zero-order chi connectivity index (χ0) is 39.1. The summed E-state index contributed by atoms with van der Waals surface area (Å²) in [4.78, 5) is 34.3. The van der Waals surface area contributed by atoms with Gasteiger partial charge in [-0.1, -0.05) is 167 Å². The number of ether oxygens (including phenoxy) is 2. The number of aliphatic hydroxyl groups excluding tert-OH is 2. The fourth-order valence-electron chi connectivity index (χ4n) is 6.11. The van der Waals surface area contributed by atoms with Gasteiger partial charge in [0, 0.05) is 12.8 Å². The molecule has 0 aromatic rings. The molecule has 0 saturated carbocycles. The standard InChI is InChI=1S/C42H81O10P/c1-3-5-7-9-11-12-13-14-15-16-17-18-19-20-21-22-23-24-25-26-28-30-32-34-42(46)52-40(36-44)38-50-53(47,48)49-37-39(35-43)51-41(45)33-31-29-27-10-8-6-4-2/h16-17,39-40,43-44H,3-15,18-38H2,1-2H3,(H,47,48)/b17-16-. The van der Waals surface area contributed by atoms with Gasteiger partial charge in [0.1, 0.15) is 12.2 Å². The van der Waals surface area contributed by atoms with Gasteiger partial charge in [0.05, 0.1) is 26.4 Å². The van der Waals surface area contributed by atoms with E-state index in [2.05, 4.69) is 26.0 Å². The number of carbonyl (C=O) groups excluding carboxylic acids is 2. The highest BCUT2D eigenvalue weighted by Gasteiger charge is 2.27. The molecule has 314 valence electrons. The van der Waals surface area contributed by atoms with Crippen LogP contribution in [-0.4, -0.2) is 65.7 Å². The highest BCUT2D eigenvalue weighted by molar-refractivity contribution is 7.47.